The highest BCUT2D eigenvalue weighted by Crippen LogP contribution is 2.59. The van der Waals surface area contributed by atoms with Crippen LogP contribution in [0.4, 0.5) is 0 Å². The van der Waals surface area contributed by atoms with Crippen LogP contribution in [-0.4, -0.2) is 51.5 Å². The van der Waals surface area contributed by atoms with Crippen molar-refractivity contribution in [2.24, 2.45) is 29.1 Å². The first-order valence-electron chi connectivity index (χ1n) is 12.6. The lowest BCUT2D eigenvalue weighted by atomic mass is 9.48. The second-order valence-electron chi connectivity index (χ2n) is 11.9. The number of nitrogens with zero attached hydrogens (tertiary/aromatic N) is 2. The minimum atomic E-state index is -0.571. The smallest absolute Gasteiger partial charge is 0.258 e. The summed E-state index contributed by atoms with van der Waals surface area (Å²) in [7, 11) is 0. The van der Waals surface area contributed by atoms with Crippen molar-refractivity contribution in [2.45, 2.75) is 78.3 Å². The Morgan fingerprint density at radius 2 is 1.97 bits per heavy atom. The van der Waals surface area contributed by atoms with E-state index >= 15 is 0 Å². The fourth-order valence-electron chi connectivity index (χ4n) is 6.61. The summed E-state index contributed by atoms with van der Waals surface area (Å²) in [5.41, 5.74) is -0.0774. The zero-order valence-corrected chi connectivity index (χ0v) is 21.1. The first-order valence-corrected chi connectivity index (χ1v) is 12.6. The van der Waals surface area contributed by atoms with Crippen LogP contribution in [0, 0.1) is 29.1 Å². The Morgan fingerprint density at radius 1 is 1.29 bits per heavy atom. The van der Waals surface area contributed by atoms with Gasteiger partial charge in [-0.05, 0) is 81.1 Å². The molecule has 2 amide bonds. The van der Waals surface area contributed by atoms with Crippen LogP contribution < -0.4 is 15.4 Å². The molecule has 4 bridgehead atoms. The van der Waals surface area contributed by atoms with E-state index < -0.39 is 5.54 Å². The molecule has 8 nitrogen and oxygen atoms in total. The molecule has 0 spiro atoms. The first-order chi connectivity index (χ1) is 16.0. The van der Waals surface area contributed by atoms with E-state index in [2.05, 4.69) is 29.6 Å². The number of amides is 2. The third kappa shape index (κ3) is 5.16. The molecule has 0 saturated heterocycles. The Morgan fingerprint density at radius 3 is 2.56 bits per heavy atom. The SMILES string of the molecule is CC(=O)NC(C)(C)C=Cn1ncc(C(=O)NC2C3CC4CC2CC(CO)(C4)C3)c1OCC(C)C. The van der Waals surface area contributed by atoms with Crippen molar-refractivity contribution in [1.29, 1.82) is 0 Å². The van der Waals surface area contributed by atoms with Crippen molar-refractivity contribution >= 4 is 18.0 Å². The van der Waals surface area contributed by atoms with Gasteiger partial charge >= 0.3 is 0 Å². The standard InChI is InChI=1S/C26H40N4O4/c1-16(2)14-34-24-21(13-27-30(24)7-6-25(4,5)29-17(3)32)23(33)28-22-19-8-18-9-20(22)12-26(10-18,11-19)15-31/h6-7,13,16,18-20,22,31H,8-12,14-15H2,1-5H3,(H,28,33)(H,29,32). The Balaban J connectivity index is 1.53. The summed E-state index contributed by atoms with van der Waals surface area (Å²) in [5.74, 6) is 1.96. The molecule has 0 aliphatic heterocycles. The number of aliphatic hydroxyl groups excluding tert-OH is 1. The van der Waals surface area contributed by atoms with Crippen LogP contribution in [0.3, 0.4) is 0 Å². The summed E-state index contributed by atoms with van der Waals surface area (Å²) in [4.78, 5) is 24.9. The molecule has 188 valence electrons. The number of hydrogen-bond acceptors (Lipinski definition) is 5. The van der Waals surface area contributed by atoms with Crippen molar-refractivity contribution in [3.05, 3.63) is 17.8 Å². The van der Waals surface area contributed by atoms with Gasteiger partial charge in [0, 0.05) is 25.8 Å². The lowest BCUT2D eigenvalue weighted by Gasteiger charge is -2.59. The van der Waals surface area contributed by atoms with E-state index in [0.717, 1.165) is 32.1 Å². The summed E-state index contributed by atoms with van der Waals surface area (Å²) in [6.45, 7) is 10.1. The average molecular weight is 473 g/mol. The van der Waals surface area contributed by atoms with Crippen molar-refractivity contribution in [2.75, 3.05) is 13.2 Å². The maximum Gasteiger partial charge on any atom is 0.258 e. The van der Waals surface area contributed by atoms with E-state index in [9.17, 15) is 14.7 Å². The van der Waals surface area contributed by atoms with Gasteiger partial charge in [0.25, 0.3) is 5.91 Å². The average Bonchev–Trinajstić information content (AvgIpc) is 3.15. The molecule has 4 aliphatic rings. The van der Waals surface area contributed by atoms with Crippen LogP contribution in [0.25, 0.3) is 6.20 Å². The number of nitrogens with one attached hydrogen (secondary N) is 2. The predicted molar refractivity (Wildman–Crippen MR) is 130 cm³/mol. The Labute approximate surface area is 202 Å². The fourth-order valence-corrected chi connectivity index (χ4v) is 6.61. The number of carbonyl (C=O) groups is 2. The van der Waals surface area contributed by atoms with Gasteiger partial charge in [-0.25, -0.2) is 4.68 Å². The number of ether oxygens (including phenoxy) is 1. The van der Waals surface area contributed by atoms with Gasteiger partial charge in [-0.3, -0.25) is 9.59 Å². The zero-order valence-electron chi connectivity index (χ0n) is 21.1. The normalized spacial score (nSPS) is 30.2. The highest BCUT2D eigenvalue weighted by atomic mass is 16.5. The lowest BCUT2D eigenvalue weighted by molar-refractivity contribution is -0.120. The Hall–Kier alpha value is -2.35. The van der Waals surface area contributed by atoms with Crippen LogP contribution in [0.2, 0.25) is 0 Å². The van der Waals surface area contributed by atoms with Gasteiger partial charge in [-0.15, -0.1) is 0 Å². The van der Waals surface area contributed by atoms with Crippen molar-refractivity contribution in [1.82, 2.24) is 20.4 Å². The van der Waals surface area contributed by atoms with Crippen LogP contribution in [0.5, 0.6) is 5.88 Å². The van der Waals surface area contributed by atoms with E-state index in [4.69, 9.17) is 4.74 Å². The molecule has 4 fully saturated rings. The molecule has 3 N–H and O–H groups in total. The summed E-state index contributed by atoms with van der Waals surface area (Å²) in [5, 5.41) is 20.6. The molecule has 1 heterocycles. The largest absolute Gasteiger partial charge is 0.477 e. The second-order valence-corrected chi connectivity index (χ2v) is 11.9. The molecule has 34 heavy (non-hydrogen) atoms. The van der Waals surface area contributed by atoms with E-state index in [1.165, 1.54) is 6.92 Å². The second kappa shape index (κ2) is 9.36. The van der Waals surface area contributed by atoms with Crippen molar-refractivity contribution in [3.8, 4) is 5.88 Å². The van der Waals surface area contributed by atoms with Gasteiger partial charge in [-0.2, -0.15) is 5.10 Å². The summed E-state index contributed by atoms with van der Waals surface area (Å²) < 4.78 is 7.61. The zero-order chi connectivity index (χ0) is 24.7. The Kier molecular flexibility index (Phi) is 6.82. The first kappa shape index (κ1) is 24.8. The molecule has 8 heteroatoms. The van der Waals surface area contributed by atoms with Crippen LogP contribution in [0.1, 0.15) is 77.1 Å². The number of aromatic nitrogens is 2. The number of aliphatic hydroxyl groups is 1. The van der Waals surface area contributed by atoms with Crippen molar-refractivity contribution in [3.63, 3.8) is 0 Å². The van der Waals surface area contributed by atoms with Gasteiger partial charge in [0.05, 0.1) is 18.3 Å². The molecule has 2 atom stereocenters. The molecule has 0 radical (unpaired) electrons. The van der Waals surface area contributed by atoms with Crippen molar-refractivity contribution < 1.29 is 19.4 Å². The topological polar surface area (TPSA) is 105 Å². The van der Waals surface area contributed by atoms with Crippen LogP contribution >= 0.6 is 0 Å². The summed E-state index contributed by atoms with van der Waals surface area (Å²) in [6.07, 6.45) is 10.5. The van der Waals surface area contributed by atoms with Gasteiger partial charge in [0.1, 0.15) is 5.56 Å². The molecule has 5 rings (SSSR count). The molecule has 1 aromatic heterocycles. The Bertz CT molecular complexity index is 935. The van der Waals surface area contributed by atoms with E-state index in [-0.39, 0.29) is 35.8 Å². The third-order valence-electron chi connectivity index (χ3n) is 7.71. The summed E-state index contributed by atoms with van der Waals surface area (Å²) >= 11 is 0. The number of rotatable bonds is 9. The molecule has 0 aromatic carbocycles. The van der Waals surface area contributed by atoms with E-state index in [0.29, 0.717) is 35.8 Å². The maximum absolute atomic E-state index is 13.4. The van der Waals surface area contributed by atoms with Crippen LogP contribution in [0.15, 0.2) is 12.3 Å². The third-order valence-corrected chi connectivity index (χ3v) is 7.71. The molecule has 1 aromatic rings. The van der Waals surface area contributed by atoms with Gasteiger partial charge in [0.15, 0.2) is 0 Å². The highest BCUT2D eigenvalue weighted by Gasteiger charge is 2.55. The highest BCUT2D eigenvalue weighted by molar-refractivity contribution is 5.96. The minimum absolute atomic E-state index is 0.0691. The maximum atomic E-state index is 13.4. The number of hydrogen-bond donors (Lipinski definition) is 3. The molecule has 4 aliphatic carbocycles. The monoisotopic (exact) mass is 472 g/mol. The molecule has 4 saturated carbocycles. The fraction of sp³-hybridized carbons (Fsp3) is 0.731. The molecular weight excluding hydrogens is 432 g/mol. The summed E-state index contributed by atoms with van der Waals surface area (Å²) in [6, 6.07) is 0.138. The molecule has 2 unspecified atom stereocenters. The number of carbonyl (C=O) groups excluding carboxylic acids is 2. The molecular formula is C26H40N4O4. The minimum Gasteiger partial charge on any atom is -0.477 e. The van der Waals surface area contributed by atoms with Gasteiger partial charge in [0.2, 0.25) is 11.8 Å². The lowest BCUT2D eigenvalue weighted by Crippen LogP contribution is -2.60. The van der Waals surface area contributed by atoms with Crippen LogP contribution in [-0.2, 0) is 4.79 Å². The van der Waals surface area contributed by atoms with E-state index in [1.54, 1.807) is 17.1 Å². The predicted octanol–water partition coefficient (Wildman–Crippen LogP) is 3.22. The quantitative estimate of drug-likeness (QED) is 0.512. The van der Waals surface area contributed by atoms with E-state index in [1.807, 2.05) is 19.9 Å². The van der Waals surface area contributed by atoms with Gasteiger partial charge in [-0.1, -0.05) is 13.8 Å². The van der Waals surface area contributed by atoms with Gasteiger partial charge < -0.3 is 20.5 Å².